The summed E-state index contributed by atoms with van der Waals surface area (Å²) < 4.78 is 5.56. The van der Waals surface area contributed by atoms with Gasteiger partial charge in [-0.15, -0.1) is 0 Å². The standard InChI is InChI=1S/C16H29NO3S2.C4H7NO3/c1-21-22-13-11-15(18)17-12-7-10-16(19)20-14-8-5-3-2-4-6-9-14;1-3(6)5-2-4(7)8/h14H,2-13H2,1H3,(H,17,18);2H2,1H3,(H,5,6)(H,7,8). The third-order valence-electron chi connectivity index (χ3n) is 4.25. The fraction of sp³-hybridized carbons (Fsp3) is 0.800. The van der Waals surface area contributed by atoms with Crippen LogP contribution >= 0.6 is 21.6 Å². The van der Waals surface area contributed by atoms with Gasteiger partial charge < -0.3 is 20.5 Å². The highest BCUT2D eigenvalue weighted by Crippen LogP contribution is 2.20. The maximum absolute atomic E-state index is 11.8. The van der Waals surface area contributed by atoms with Gasteiger partial charge in [0.15, 0.2) is 0 Å². The van der Waals surface area contributed by atoms with Gasteiger partial charge in [-0.1, -0.05) is 40.9 Å². The van der Waals surface area contributed by atoms with Crippen LogP contribution in [0.25, 0.3) is 0 Å². The van der Waals surface area contributed by atoms with Crippen LogP contribution in [-0.2, 0) is 23.9 Å². The smallest absolute Gasteiger partial charge is 0.322 e. The number of amides is 2. The minimum absolute atomic E-state index is 0.0648. The Bertz CT molecular complexity index is 498. The molecule has 0 aromatic carbocycles. The van der Waals surface area contributed by atoms with E-state index in [1.165, 1.54) is 39.0 Å². The second-order valence-corrected chi connectivity index (χ2v) is 9.64. The number of carbonyl (C=O) groups is 4. The Morgan fingerprint density at radius 1 is 1.00 bits per heavy atom. The summed E-state index contributed by atoms with van der Waals surface area (Å²) in [5.74, 6) is -0.572. The van der Waals surface area contributed by atoms with Crippen LogP contribution in [0, 0.1) is 0 Å². The number of carbonyl (C=O) groups excluding carboxylic acids is 3. The molecule has 10 heteroatoms. The van der Waals surface area contributed by atoms with Gasteiger partial charge in [-0.3, -0.25) is 19.2 Å². The van der Waals surface area contributed by atoms with Gasteiger partial charge in [0.25, 0.3) is 0 Å². The molecule has 0 atom stereocenters. The van der Waals surface area contributed by atoms with Crippen LogP contribution < -0.4 is 10.6 Å². The fourth-order valence-corrected chi connectivity index (χ4v) is 3.93. The summed E-state index contributed by atoms with van der Waals surface area (Å²) in [6.07, 6.45) is 11.9. The molecule has 174 valence electrons. The van der Waals surface area contributed by atoms with Gasteiger partial charge in [0.2, 0.25) is 11.8 Å². The molecule has 3 N–H and O–H groups in total. The van der Waals surface area contributed by atoms with E-state index in [1.807, 2.05) is 6.26 Å². The molecule has 0 radical (unpaired) electrons. The first-order chi connectivity index (χ1) is 14.3. The first-order valence-corrected chi connectivity index (χ1v) is 13.2. The van der Waals surface area contributed by atoms with E-state index < -0.39 is 5.97 Å². The van der Waals surface area contributed by atoms with Crippen molar-refractivity contribution in [2.24, 2.45) is 0 Å². The van der Waals surface area contributed by atoms with Gasteiger partial charge in [-0.2, -0.15) is 0 Å². The lowest BCUT2D eigenvalue weighted by Gasteiger charge is -2.20. The number of carboxylic acid groups (broad SMARTS) is 1. The van der Waals surface area contributed by atoms with Gasteiger partial charge >= 0.3 is 11.9 Å². The minimum atomic E-state index is -1.03. The molecule has 0 saturated heterocycles. The lowest BCUT2D eigenvalue weighted by atomic mass is 9.98. The summed E-state index contributed by atoms with van der Waals surface area (Å²) in [5, 5.41) is 12.9. The molecule has 0 bridgehead atoms. The van der Waals surface area contributed by atoms with E-state index in [-0.39, 0.29) is 30.4 Å². The monoisotopic (exact) mass is 464 g/mol. The topological polar surface area (TPSA) is 122 Å². The van der Waals surface area contributed by atoms with Crippen LogP contribution in [0.5, 0.6) is 0 Å². The summed E-state index contributed by atoms with van der Waals surface area (Å²) in [5.41, 5.74) is 0. The second kappa shape index (κ2) is 19.5. The number of rotatable bonds is 11. The molecular formula is C20H36N2O6S2. The molecule has 0 aliphatic heterocycles. The summed E-state index contributed by atoms with van der Waals surface area (Å²) in [4.78, 5) is 43.0. The van der Waals surface area contributed by atoms with Crippen molar-refractivity contribution in [3.63, 3.8) is 0 Å². The number of carboxylic acids is 1. The molecule has 0 unspecified atom stereocenters. The highest BCUT2D eigenvalue weighted by atomic mass is 33.1. The second-order valence-electron chi connectivity index (χ2n) is 6.95. The van der Waals surface area contributed by atoms with Crippen LogP contribution in [0.1, 0.15) is 71.1 Å². The maximum Gasteiger partial charge on any atom is 0.322 e. The predicted molar refractivity (Wildman–Crippen MR) is 121 cm³/mol. The summed E-state index contributed by atoms with van der Waals surface area (Å²) in [7, 11) is 3.36. The van der Waals surface area contributed by atoms with Gasteiger partial charge in [0.05, 0.1) is 0 Å². The predicted octanol–water partition coefficient (Wildman–Crippen LogP) is 3.15. The Balaban J connectivity index is 0.000000890. The third-order valence-corrected chi connectivity index (χ3v) is 6.06. The van der Waals surface area contributed by atoms with E-state index in [4.69, 9.17) is 9.84 Å². The number of hydrogen-bond acceptors (Lipinski definition) is 7. The van der Waals surface area contributed by atoms with E-state index in [2.05, 4.69) is 10.6 Å². The van der Waals surface area contributed by atoms with Crippen LogP contribution in [0.3, 0.4) is 0 Å². The Morgan fingerprint density at radius 3 is 2.17 bits per heavy atom. The van der Waals surface area contributed by atoms with Crippen molar-refractivity contribution in [1.29, 1.82) is 0 Å². The quantitative estimate of drug-likeness (QED) is 0.242. The van der Waals surface area contributed by atoms with E-state index >= 15 is 0 Å². The van der Waals surface area contributed by atoms with Crippen molar-refractivity contribution >= 4 is 45.3 Å². The van der Waals surface area contributed by atoms with Crippen molar-refractivity contribution < 1.29 is 29.0 Å². The maximum atomic E-state index is 11.8. The molecule has 0 aromatic heterocycles. The molecule has 1 aliphatic rings. The Labute approximate surface area is 187 Å². The minimum Gasteiger partial charge on any atom is -0.480 e. The number of aliphatic carboxylic acids is 1. The van der Waals surface area contributed by atoms with Crippen molar-refractivity contribution in [3.05, 3.63) is 0 Å². The molecule has 8 nitrogen and oxygen atoms in total. The zero-order valence-electron chi connectivity index (χ0n) is 18.1. The molecule has 1 aliphatic carbocycles. The normalized spacial score (nSPS) is 14.3. The average molecular weight is 465 g/mol. The third kappa shape index (κ3) is 19.9. The summed E-state index contributed by atoms with van der Waals surface area (Å²) >= 11 is 0. The summed E-state index contributed by atoms with van der Waals surface area (Å²) in [6.45, 7) is 1.53. The Kier molecular flexibility index (Phi) is 18.6. The van der Waals surface area contributed by atoms with Crippen molar-refractivity contribution in [2.45, 2.75) is 77.2 Å². The van der Waals surface area contributed by atoms with Crippen LogP contribution in [0.4, 0.5) is 0 Å². The fourth-order valence-electron chi connectivity index (χ4n) is 2.75. The van der Waals surface area contributed by atoms with Crippen LogP contribution in [0.2, 0.25) is 0 Å². The lowest BCUT2D eigenvalue weighted by molar-refractivity contribution is -0.150. The van der Waals surface area contributed by atoms with Gasteiger partial charge in [-0.05, 0) is 38.4 Å². The number of esters is 1. The molecule has 0 aromatic rings. The summed E-state index contributed by atoms with van der Waals surface area (Å²) in [6, 6.07) is 0. The van der Waals surface area contributed by atoms with E-state index in [0.29, 0.717) is 25.8 Å². The zero-order chi connectivity index (χ0) is 22.6. The molecule has 1 saturated carbocycles. The van der Waals surface area contributed by atoms with Gasteiger partial charge in [0.1, 0.15) is 12.6 Å². The molecular weight excluding hydrogens is 428 g/mol. The van der Waals surface area contributed by atoms with Gasteiger partial charge in [-0.25, -0.2) is 0 Å². The number of nitrogens with one attached hydrogen (secondary N) is 2. The van der Waals surface area contributed by atoms with E-state index in [9.17, 15) is 19.2 Å². The number of hydrogen-bond donors (Lipinski definition) is 3. The van der Waals surface area contributed by atoms with Crippen molar-refractivity contribution in [3.8, 4) is 0 Å². The van der Waals surface area contributed by atoms with E-state index in [1.54, 1.807) is 21.6 Å². The molecule has 30 heavy (non-hydrogen) atoms. The molecule has 1 fully saturated rings. The molecule has 1 rings (SSSR count). The lowest BCUT2D eigenvalue weighted by Crippen LogP contribution is -2.26. The Hall–Kier alpha value is -1.42. The van der Waals surface area contributed by atoms with E-state index in [0.717, 1.165) is 18.6 Å². The molecule has 0 spiro atoms. The highest BCUT2D eigenvalue weighted by molar-refractivity contribution is 8.76. The molecule has 0 heterocycles. The van der Waals surface area contributed by atoms with Gasteiger partial charge in [0, 0.05) is 32.1 Å². The zero-order valence-corrected chi connectivity index (χ0v) is 19.7. The highest BCUT2D eigenvalue weighted by Gasteiger charge is 2.15. The molecule has 2 amide bonds. The van der Waals surface area contributed by atoms with Crippen LogP contribution in [0.15, 0.2) is 0 Å². The largest absolute Gasteiger partial charge is 0.480 e. The number of ether oxygens (including phenoxy) is 1. The SMILES string of the molecule is CC(=O)NCC(=O)O.CSSCCC(=O)NCCCC(=O)OC1CCCCCCC1. The first-order valence-electron chi connectivity index (χ1n) is 10.4. The average Bonchev–Trinajstić information content (AvgIpc) is 2.66. The first kappa shape index (κ1) is 28.6. The van der Waals surface area contributed by atoms with Crippen molar-refractivity contribution in [2.75, 3.05) is 25.1 Å². The van der Waals surface area contributed by atoms with Crippen LogP contribution in [-0.4, -0.2) is 60.1 Å². The Morgan fingerprint density at radius 2 is 1.63 bits per heavy atom. The van der Waals surface area contributed by atoms with Crippen molar-refractivity contribution in [1.82, 2.24) is 10.6 Å².